The quantitative estimate of drug-likeness (QED) is 0.713. The molecule has 6 nitrogen and oxygen atoms in total. The van der Waals surface area contributed by atoms with Gasteiger partial charge in [-0.25, -0.2) is 4.98 Å². The molecule has 1 fully saturated rings. The van der Waals surface area contributed by atoms with Crippen molar-refractivity contribution in [2.75, 3.05) is 18.0 Å². The summed E-state index contributed by atoms with van der Waals surface area (Å²) in [6.07, 6.45) is 4.20. The lowest BCUT2D eigenvalue weighted by Gasteiger charge is -2.10. The Morgan fingerprint density at radius 1 is 1.26 bits per heavy atom. The second-order valence-electron chi connectivity index (χ2n) is 6.54. The van der Waals surface area contributed by atoms with E-state index in [0.29, 0.717) is 23.8 Å². The second-order valence-corrected chi connectivity index (χ2v) is 7.38. The van der Waals surface area contributed by atoms with Crippen molar-refractivity contribution in [1.82, 2.24) is 15.3 Å². The Morgan fingerprint density at radius 3 is 3.00 bits per heavy atom. The van der Waals surface area contributed by atoms with Crippen molar-refractivity contribution < 1.29 is 9.59 Å². The topological polar surface area (TPSA) is 75.2 Å². The van der Waals surface area contributed by atoms with Gasteiger partial charge in [-0.2, -0.15) is 0 Å². The number of hydrogen-bond donors (Lipinski definition) is 1. The first kappa shape index (κ1) is 17.6. The molecule has 0 saturated carbocycles. The van der Waals surface area contributed by atoms with E-state index in [4.69, 9.17) is 0 Å². The molecule has 1 aromatic carbocycles. The van der Waals surface area contributed by atoms with E-state index in [1.807, 2.05) is 35.7 Å². The van der Waals surface area contributed by atoms with Gasteiger partial charge in [0.15, 0.2) is 5.13 Å². The Bertz CT molecular complexity index is 980. The highest BCUT2D eigenvalue weighted by Gasteiger charge is 2.24. The number of rotatable bonds is 6. The molecule has 3 heterocycles. The van der Waals surface area contributed by atoms with Crippen molar-refractivity contribution in [3.63, 3.8) is 0 Å². The highest BCUT2D eigenvalue weighted by atomic mass is 32.1. The molecular formula is C20H20N4O2S. The Labute approximate surface area is 161 Å². The Kier molecular flexibility index (Phi) is 5.11. The van der Waals surface area contributed by atoms with Gasteiger partial charge in [0.2, 0.25) is 11.8 Å². The van der Waals surface area contributed by atoms with Crippen LogP contribution in [0.2, 0.25) is 0 Å². The summed E-state index contributed by atoms with van der Waals surface area (Å²) in [6, 6.07) is 10.1. The molecule has 0 radical (unpaired) electrons. The molecule has 1 N–H and O–H groups in total. The van der Waals surface area contributed by atoms with Crippen molar-refractivity contribution >= 4 is 39.2 Å². The minimum Gasteiger partial charge on any atom is -0.355 e. The van der Waals surface area contributed by atoms with Crippen LogP contribution in [0.4, 0.5) is 5.13 Å². The van der Waals surface area contributed by atoms with E-state index >= 15 is 0 Å². The summed E-state index contributed by atoms with van der Waals surface area (Å²) in [5.41, 5.74) is 2.81. The summed E-state index contributed by atoms with van der Waals surface area (Å²) < 4.78 is 0. The molecule has 27 heavy (non-hydrogen) atoms. The predicted octanol–water partition coefficient (Wildman–Crippen LogP) is 2.72. The van der Waals surface area contributed by atoms with E-state index in [-0.39, 0.29) is 18.2 Å². The number of para-hydroxylation sites is 1. The largest absolute Gasteiger partial charge is 0.355 e. The zero-order valence-corrected chi connectivity index (χ0v) is 15.7. The average molecular weight is 380 g/mol. The summed E-state index contributed by atoms with van der Waals surface area (Å²) >= 11 is 1.42. The van der Waals surface area contributed by atoms with Crippen molar-refractivity contribution in [3.8, 4) is 0 Å². The van der Waals surface area contributed by atoms with E-state index in [2.05, 4.69) is 15.3 Å². The van der Waals surface area contributed by atoms with Crippen LogP contribution in [0.1, 0.15) is 24.1 Å². The Balaban J connectivity index is 1.31. The number of benzene rings is 1. The molecule has 4 rings (SSSR count). The number of carbonyl (C=O) groups is 2. The van der Waals surface area contributed by atoms with Crippen LogP contribution in [0.15, 0.2) is 41.9 Å². The first-order chi connectivity index (χ1) is 13.2. The fourth-order valence-electron chi connectivity index (χ4n) is 3.28. The molecule has 1 aliphatic rings. The number of anilines is 1. The van der Waals surface area contributed by atoms with Crippen molar-refractivity contribution in [1.29, 1.82) is 0 Å². The summed E-state index contributed by atoms with van der Waals surface area (Å²) in [6.45, 7) is 1.27. The maximum atomic E-state index is 12.2. The summed E-state index contributed by atoms with van der Waals surface area (Å²) in [7, 11) is 0. The van der Waals surface area contributed by atoms with Crippen LogP contribution < -0.4 is 10.2 Å². The van der Waals surface area contributed by atoms with E-state index < -0.39 is 0 Å². The zero-order chi connectivity index (χ0) is 18.6. The first-order valence-corrected chi connectivity index (χ1v) is 9.93. The third-order valence-corrected chi connectivity index (χ3v) is 5.53. The molecular weight excluding hydrogens is 360 g/mol. The minimum atomic E-state index is -0.0622. The van der Waals surface area contributed by atoms with Gasteiger partial charge in [0.05, 0.1) is 17.6 Å². The van der Waals surface area contributed by atoms with Gasteiger partial charge in [0.1, 0.15) is 0 Å². The fraction of sp³-hybridized carbons (Fsp3) is 0.300. The van der Waals surface area contributed by atoms with Crippen LogP contribution in [0.5, 0.6) is 0 Å². The summed E-state index contributed by atoms with van der Waals surface area (Å²) in [5.74, 6) is 0.0526. The van der Waals surface area contributed by atoms with Gasteiger partial charge in [-0.3, -0.25) is 19.5 Å². The van der Waals surface area contributed by atoms with Crippen LogP contribution in [0, 0.1) is 0 Å². The minimum absolute atomic E-state index is 0.0622. The molecule has 0 unspecified atom stereocenters. The molecule has 1 saturated heterocycles. The normalized spacial score (nSPS) is 14.1. The Hall–Kier alpha value is -2.80. The van der Waals surface area contributed by atoms with Gasteiger partial charge in [0.25, 0.3) is 0 Å². The number of nitrogens with zero attached hydrogens (tertiary/aromatic N) is 3. The highest BCUT2D eigenvalue weighted by Crippen LogP contribution is 2.25. The van der Waals surface area contributed by atoms with E-state index in [1.165, 1.54) is 11.3 Å². The fourth-order valence-corrected chi connectivity index (χ4v) is 4.15. The van der Waals surface area contributed by atoms with Gasteiger partial charge in [-0.05, 0) is 24.5 Å². The molecule has 2 amide bonds. The monoisotopic (exact) mass is 380 g/mol. The first-order valence-electron chi connectivity index (χ1n) is 9.05. The molecule has 138 valence electrons. The second kappa shape index (κ2) is 7.84. The van der Waals surface area contributed by atoms with Gasteiger partial charge in [0, 0.05) is 36.5 Å². The van der Waals surface area contributed by atoms with Gasteiger partial charge < -0.3 is 5.32 Å². The Morgan fingerprint density at radius 2 is 2.15 bits per heavy atom. The maximum Gasteiger partial charge on any atom is 0.228 e. The number of pyridine rings is 1. The maximum absolute atomic E-state index is 12.2. The van der Waals surface area contributed by atoms with Crippen molar-refractivity contribution in [2.45, 2.75) is 25.7 Å². The highest BCUT2D eigenvalue weighted by molar-refractivity contribution is 7.14. The molecule has 0 bridgehead atoms. The number of hydrogen-bond acceptors (Lipinski definition) is 5. The summed E-state index contributed by atoms with van der Waals surface area (Å²) in [5, 5.41) is 6.61. The third-order valence-electron chi connectivity index (χ3n) is 4.62. The molecule has 0 aliphatic carbocycles. The lowest BCUT2D eigenvalue weighted by Crippen LogP contribution is -2.27. The summed E-state index contributed by atoms with van der Waals surface area (Å²) in [4.78, 5) is 34.6. The number of thiazole rings is 1. The lowest BCUT2D eigenvalue weighted by molar-refractivity contribution is -0.120. The van der Waals surface area contributed by atoms with Crippen LogP contribution >= 0.6 is 11.3 Å². The van der Waals surface area contributed by atoms with E-state index in [9.17, 15) is 9.59 Å². The molecule has 2 aromatic heterocycles. The van der Waals surface area contributed by atoms with Crippen molar-refractivity contribution in [2.24, 2.45) is 0 Å². The zero-order valence-electron chi connectivity index (χ0n) is 14.9. The van der Waals surface area contributed by atoms with Crippen LogP contribution in [-0.2, 0) is 22.4 Å². The van der Waals surface area contributed by atoms with Crippen molar-refractivity contribution in [3.05, 3.63) is 53.2 Å². The molecule has 3 aromatic rings. The van der Waals surface area contributed by atoms with Gasteiger partial charge >= 0.3 is 0 Å². The van der Waals surface area contributed by atoms with E-state index in [0.717, 1.165) is 35.9 Å². The number of amides is 2. The molecule has 0 atom stereocenters. The number of nitrogens with one attached hydrogen (secondary N) is 1. The number of carbonyl (C=O) groups excluding carboxylic acids is 2. The van der Waals surface area contributed by atoms with Gasteiger partial charge in [-0.1, -0.05) is 24.3 Å². The number of aromatic nitrogens is 2. The van der Waals surface area contributed by atoms with Crippen LogP contribution in [0.25, 0.3) is 10.9 Å². The van der Waals surface area contributed by atoms with Gasteiger partial charge in [-0.15, -0.1) is 11.3 Å². The average Bonchev–Trinajstić information content (AvgIpc) is 3.30. The predicted molar refractivity (Wildman–Crippen MR) is 106 cm³/mol. The molecule has 7 heteroatoms. The van der Waals surface area contributed by atoms with Crippen LogP contribution in [-0.4, -0.2) is 34.9 Å². The molecule has 1 aliphatic heterocycles. The molecule has 0 spiro atoms. The smallest absolute Gasteiger partial charge is 0.228 e. The van der Waals surface area contributed by atoms with Crippen LogP contribution in [0.3, 0.4) is 0 Å². The third kappa shape index (κ3) is 3.98. The SMILES string of the molecule is O=C(Cc1csc(N2CCCC2=O)n1)NCCc1cccc2cccnc12. The van der Waals surface area contributed by atoms with E-state index in [1.54, 1.807) is 11.1 Å². The standard InChI is InChI=1S/C20H20N4O2S/c25-17(12-16-13-27-20(23-16)24-11-3-7-18(24)26)21-10-8-15-5-1-4-14-6-2-9-22-19(14)15/h1-2,4-6,9,13H,3,7-8,10-12H2,(H,21,25). The lowest BCUT2D eigenvalue weighted by atomic mass is 10.1. The number of fused-ring (bicyclic) bond motifs is 1.